The van der Waals surface area contributed by atoms with Crippen LogP contribution in [-0.2, 0) is 9.84 Å². The Hall–Kier alpha value is -1.83. The first kappa shape index (κ1) is 13.6. The largest absolute Gasteiger partial charge is 0.478 e. The fourth-order valence-corrected chi connectivity index (χ4v) is 3.82. The maximum atomic E-state index is 11.6. The summed E-state index contributed by atoms with van der Waals surface area (Å²) in [4.78, 5) is 14.8. The Balaban J connectivity index is 2.08. The Morgan fingerprint density at radius 2 is 2.32 bits per heavy atom. The van der Waals surface area contributed by atoms with Gasteiger partial charge in [0.15, 0.2) is 9.84 Å². The van der Waals surface area contributed by atoms with Crippen molar-refractivity contribution in [2.45, 2.75) is 18.1 Å². The van der Waals surface area contributed by atoms with Gasteiger partial charge in [0.1, 0.15) is 5.82 Å². The van der Waals surface area contributed by atoms with Crippen LogP contribution < -0.4 is 11.1 Å². The highest BCUT2D eigenvalue weighted by atomic mass is 32.2. The lowest BCUT2D eigenvalue weighted by Gasteiger charge is -2.12. The lowest BCUT2D eigenvalue weighted by atomic mass is 10.2. The number of nitrogen functional groups attached to an aromatic ring is 1. The van der Waals surface area contributed by atoms with Crippen molar-refractivity contribution in [1.82, 2.24) is 4.98 Å². The zero-order valence-corrected chi connectivity index (χ0v) is 11.0. The Labute approximate surface area is 110 Å². The average Bonchev–Trinajstić information content (AvgIpc) is 2.67. The molecule has 0 aromatic carbocycles. The molecule has 0 saturated carbocycles. The molecule has 0 bridgehead atoms. The highest BCUT2D eigenvalue weighted by molar-refractivity contribution is 7.92. The van der Waals surface area contributed by atoms with Crippen molar-refractivity contribution in [2.75, 3.05) is 23.3 Å². The van der Waals surface area contributed by atoms with Gasteiger partial charge in [-0.05, 0) is 18.9 Å². The van der Waals surface area contributed by atoms with Gasteiger partial charge in [0, 0.05) is 6.54 Å². The van der Waals surface area contributed by atoms with Gasteiger partial charge in [-0.3, -0.25) is 0 Å². The number of carboxylic acid groups (broad SMARTS) is 1. The third-order valence-corrected chi connectivity index (χ3v) is 5.41. The van der Waals surface area contributed by atoms with Crippen LogP contribution in [0.25, 0.3) is 0 Å². The zero-order valence-electron chi connectivity index (χ0n) is 10.2. The number of sulfone groups is 1. The van der Waals surface area contributed by atoms with Crippen molar-refractivity contribution >= 4 is 27.3 Å². The van der Waals surface area contributed by atoms with Crippen molar-refractivity contribution < 1.29 is 18.3 Å². The normalized spacial score (nSPS) is 21.2. The second kappa shape index (κ2) is 5.04. The predicted octanol–water partition coefficient (Wildman–Crippen LogP) is 0.351. The highest BCUT2D eigenvalue weighted by Gasteiger charge is 2.30. The SMILES string of the molecule is Nc1cnc(NCC2CCCS2(=O)=O)cc1C(=O)O. The molecule has 1 fully saturated rings. The van der Waals surface area contributed by atoms with E-state index in [2.05, 4.69) is 10.3 Å². The van der Waals surface area contributed by atoms with Gasteiger partial charge in [0.2, 0.25) is 0 Å². The van der Waals surface area contributed by atoms with E-state index in [9.17, 15) is 13.2 Å². The fraction of sp³-hybridized carbons (Fsp3) is 0.455. The first-order valence-electron chi connectivity index (χ1n) is 5.84. The number of rotatable bonds is 4. The van der Waals surface area contributed by atoms with Gasteiger partial charge < -0.3 is 16.2 Å². The molecule has 2 rings (SSSR count). The number of nitrogens with two attached hydrogens (primary N) is 1. The topological polar surface area (TPSA) is 122 Å². The Kier molecular flexibility index (Phi) is 3.61. The number of nitrogens with zero attached hydrogens (tertiary/aromatic N) is 1. The molecule has 1 saturated heterocycles. The van der Waals surface area contributed by atoms with E-state index < -0.39 is 21.1 Å². The molecule has 4 N–H and O–H groups in total. The van der Waals surface area contributed by atoms with Gasteiger partial charge in [-0.2, -0.15) is 0 Å². The van der Waals surface area contributed by atoms with Gasteiger partial charge in [0.25, 0.3) is 0 Å². The van der Waals surface area contributed by atoms with Crippen LogP contribution in [0.1, 0.15) is 23.2 Å². The Morgan fingerprint density at radius 3 is 2.89 bits per heavy atom. The average molecular weight is 285 g/mol. The minimum atomic E-state index is -3.02. The predicted molar refractivity (Wildman–Crippen MR) is 70.9 cm³/mol. The molecule has 0 amide bonds. The summed E-state index contributed by atoms with van der Waals surface area (Å²) in [5, 5.41) is 11.3. The summed E-state index contributed by atoms with van der Waals surface area (Å²) in [5.74, 6) is -0.611. The number of aromatic nitrogens is 1. The third kappa shape index (κ3) is 2.95. The standard InChI is InChI=1S/C11H15N3O4S/c12-9-6-14-10(4-8(9)11(15)16)13-5-7-2-1-3-19(7,17)18/h4,6-7H,1-3,5,12H2,(H,13,14)(H,15,16). The first-order valence-corrected chi connectivity index (χ1v) is 7.56. The molecule has 1 aliphatic rings. The molecule has 1 aromatic rings. The lowest BCUT2D eigenvalue weighted by Crippen LogP contribution is -2.25. The molecular formula is C11H15N3O4S. The lowest BCUT2D eigenvalue weighted by molar-refractivity contribution is 0.0698. The summed E-state index contributed by atoms with van der Waals surface area (Å²) in [6.07, 6.45) is 2.54. The summed E-state index contributed by atoms with van der Waals surface area (Å²) in [5.41, 5.74) is 5.51. The second-order valence-corrected chi connectivity index (χ2v) is 6.87. The van der Waals surface area contributed by atoms with E-state index in [0.717, 1.165) is 0 Å². The van der Waals surface area contributed by atoms with E-state index in [1.807, 2.05) is 0 Å². The number of anilines is 2. The van der Waals surface area contributed by atoms with E-state index in [1.54, 1.807) is 0 Å². The summed E-state index contributed by atoms with van der Waals surface area (Å²) in [6.45, 7) is 0.234. The Bertz CT molecular complexity index is 600. The molecule has 0 aliphatic carbocycles. The molecule has 1 atom stereocenters. The van der Waals surface area contributed by atoms with Crippen LogP contribution in [-0.4, -0.2) is 42.0 Å². The van der Waals surface area contributed by atoms with E-state index in [1.165, 1.54) is 12.3 Å². The monoisotopic (exact) mass is 285 g/mol. The van der Waals surface area contributed by atoms with Crippen molar-refractivity contribution in [3.8, 4) is 0 Å². The highest BCUT2D eigenvalue weighted by Crippen LogP contribution is 2.21. The molecular weight excluding hydrogens is 270 g/mol. The smallest absolute Gasteiger partial charge is 0.337 e. The van der Waals surface area contributed by atoms with E-state index in [-0.39, 0.29) is 23.5 Å². The molecule has 1 aromatic heterocycles. The van der Waals surface area contributed by atoms with Crippen molar-refractivity contribution in [3.05, 3.63) is 17.8 Å². The van der Waals surface area contributed by atoms with Crippen LogP contribution in [0.2, 0.25) is 0 Å². The number of carboxylic acids is 1. The maximum absolute atomic E-state index is 11.6. The number of nitrogens with one attached hydrogen (secondary N) is 1. The minimum Gasteiger partial charge on any atom is -0.478 e. The number of pyridine rings is 1. The van der Waals surface area contributed by atoms with Crippen LogP contribution in [0.3, 0.4) is 0 Å². The van der Waals surface area contributed by atoms with Crippen LogP contribution in [0, 0.1) is 0 Å². The zero-order chi connectivity index (χ0) is 14.0. The van der Waals surface area contributed by atoms with Crippen LogP contribution in [0.15, 0.2) is 12.3 Å². The van der Waals surface area contributed by atoms with Gasteiger partial charge in [-0.1, -0.05) is 0 Å². The third-order valence-electron chi connectivity index (χ3n) is 3.14. The van der Waals surface area contributed by atoms with Gasteiger partial charge in [0.05, 0.1) is 28.5 Å². The molecule has 7 nitrogen and oxygen atoms in total. The van der Waals surface area contributed by atoms with E-state index in [4.69, 9.17) is 10.8 Å². The van der Waals surface area contributed by atoms with Gasteiger partial charge in [-0.15, -0.1) is 0 Å². The molecule has 8 heteroatoms. The molecule has 104 valence electrons. The number of hydrogen-bond donors (Lipinski definition) is 3. The van der Waals surface area contributed by atoms with Gasteiger partial charge >= 0.3 is 5.97 Å². The van der Waals surface area contributed by atoms with Crippen molar-refractivity contribution in [2.24, 2.45) is 0 Å². The van der Waals surface area contributed by atoms with Crippen LogP contribution in [0.5, 0.6) is 0 Å². The molecule has 0 spiro atoms. The van der Waals surface area contributed by atoms with Crippen LogP contribution >= 0.6 is 0 Å². The fourth-order valence-electron chi connectivity index (χ4n) is 2.05. The van der Waals surface area contributed by atoms with Crippen molar-refractivity contribution in [3.63, 3.8) is 0 Å². The van der Waals surface area contributed by atoms with Gasteiger partial charge in [-0.25, -0.2) is 18.2 Å². The summed E-state index contributed by atoms with van der Waals surface area (Å²) >= 11 is 0. The second-order valence-electron chi connectivity index (χ2n) is 4.47. The summed E-state index contributed by atoms with van der Waals surface area (Å²) < 4.78 is 23.3. The quantitative estimate of drug-likeness (QED) is 0.729. The summed E-state index contributed by atoms with van der Waals surface area (Å²) in [6, 6.07) is 1.30. The number of aromatic carboxylic acids is 1. The van der Waals surface area contributed by atoms with E-state index >= 15 is 0 Å². The van der Waals surface area contributed by atoms with Crippen LogP contribution in [0.4, 0.5) is 11.5 Å². The molecule has 2 heterocycles. The minimum absolute atomic E-state index is 0.0493. The molecule has 19 heavy (non-hydrogen) atoms. The Morgan fingerprint density at radius 1 is 1.58 bits per heavy atom. The van der Waals surface area contributed by atoms with Crippen molar-refractivity contribution in [1.29, 1.82) is 0 Å². The number of hydrogen-bond acceptors (Lipinski definition) is 6. The molecule has 1 unspecified atom stereocenters. The number of carbonyl (C=O) groups is 1. The molecule has 0 radical (unpaired) electrons. The summed E-state index contributed by atoms with van der Waals surface area (Å²) in [7, 11) is -3.02. The maximum Gasteiger partial charge on any atom is 0.337 e. The molecule has 1 aliphatic heterocycles. The first-order chi connectivity index (χ1) is 8.90. The van der Waals surface area contributed by atoms with E-state index in [0.29, 0.717) is 18.7 Å².